The fourth-order valence-electron chi connectivity index (χ4n) is 6.16. The molecule has 1 aromatic carbocycles. The lowest BCUT2D eigenvalue weighted by molar-refractivity contribution is -0.145. The van der Waals surface area contributed by atoms with Crippen molar-refractivity contribution in [3.05, 3.63) is 57.6 Å². The Morgan fingerprint density at radius 1 is 1.28 bits per heavy atom. The Kier molecular flexibility index (Phi) is 5.19. The van der Waals surface area contributed by atoms with Gasteiger partial charge in [-0.1, -0.05) is 42.1 Å². The summed E-state index contributed by atoms with van der Waals surface area (Å²) in [4.78, 5) is 30.9. The summed E-state index contributed by atoms with van der Waals surface area (Å²) < 4.78 is 20.8. The molecule has 0 radical (unpaired) electrons. The fraction of sp³-hybridized carbons (Fsp3) is 0.435. The Labute approximate surface area is 194 Å². The van der Waals surface area contributed by atoms with Gasteiger partial charge in [0, 0.05) is 28.4 Å². The van der Waals surface area contributed by atoms with Crippen molar-refractivity contribution in [1.29, 1.82) is 0 Å². The van der Waals surface area contributed by atoms with Crippen LogP contribution in [0.25, 0.3) is 0 Å². The number of nitrogens with one attached hydrogen (secondary N) is 2. The van der Waals surface area contributed by atoms with Crippen LogP contribution in [0.1, 0.15) is 49.7 Å². The topological polar surface area (TPSA) is 80.3 Å². The van der Waals surface area contributed by atoms with E-state index >= 15 is 4.39 Å². The van der Waals surface area contributed by atoms with Gasteiger partial charge in [-0.2, -0.15) is 0 Å². The van der Waals surface area contributed by atoms with Gasteiger partial charge < -0.3 is 10.1 Å². The third-order valence-corrected chi connectivity index (χ3v) is 7.71. The summed E-state index contributed by atoms with van der Waals surface area (Å²) in [6.07, 6.45) is 4.48. The first kappa shape index (κ1) is 21.6. The maximum Gasteiger partial charge on any atom is 0.323 e. The summed E-state index contributed by atoms with van der Waals surface area (Å²) >= 11 is 12.3. The third kappa shape index (κ3) is 2.77. The molecule has 168 valence electrons. The van der Waals surface area contributed by atoms with Crippen LogP contribution in [0.5, 0.6) is 0 Å². The number of fused-ring (bicyclic) bond motifs is 3. The average molecular weight is 478 g/mol. The van der Waals surface area contributed by atoms with Crippen LogP contribution in [-0.4, -0.2) is 35.0 Å². The monoisotopic (exact) mass is 477 g/mol. The Bertz CT molecular complexity index is 1120. The van der Waals surface area contributed by atoms with Gasteiger partial charge in [-0.3, -0.25) is 14.9 Å². The number of ether oxygens (including phenoxy) is 1. The molecule has 6 nitrogen and oxygen atoms in total. The van der Waals surface area contributed by atoms with Gasteiger partial charge in [0.1, 0.15) is 11.5 Å². The van der Waals surface area contributed by atoms with Crippen LogP contribution in [0, 0.1) is 5.82 Å². The summed E-state index contributed by atoms with van der Waals surface area (Å²) in [6.45, 7) is 1.88. The first-order valence-electron chi connectivity index (χ1n) is 10.7. The van der Waals surface area contributed by atoms with Crippen molar-refractivity contribution in [2.24, 2.45) is 0 Å². The highest BCUT2D eigenvalue weighted by Crippen LogP contribution is 2.63. The van der Waals surface area contributed by atoms with Gasteiger partial charge in [-0.05, 0) is 49.1 Å². The molecular formula is C23H22Cl2FN3O3. The number of carbonyl (C=O) groups is 2. The van der Waals surface area contributed by atoms with Gasteiger partial charge in [0.25, 0.3) is 0 Å². The van der Waals surface area contributed by atoms with Crippen molar-refractivity contribution in [2.75, 3.05) is 11.9 Å². The number of hydrogen-bond donors (Lipinski definition) is 2. The number of esters is 1. The summed E-state index contributed by atoms with van der Waals surface area (Å²) in [6, 6.07) is 5.77. The first-order valence-corrected chi connectivity index (χ1v) is 11.5. The molecule has 2 aliphatic heterocycles. The molecule has 3 heterocycles. The first-order chi connectivity index (χ1) is 15.4. The number of benzene rings is 1. The van der Waals surface area contributed by atoms with Crippen molar-refractivity contribution < 1.29 is 18.7 Å². The molecule has 2 fully saturated rings. The molecule has 2 aromatic rings. The Balaban J connectivity index is 1.83. The van der Waals surface area contributed by atoms with Gasteiger partial charge >= 0.3 is 5.97 Å². The number of halogens is 3. The maximum atomic E-state index is 15.4. The molecule has 1 saturated heterocycles. The fourth-order valence-corrected chi connectivity index (χ4v) is 6.50. The lowest BCUT2D eigenvalue weighted by atomic mass is 9.58. The molecule has 1 aromatic heterocycles. The molecule has 0 bridgehead atoms. The number of hydrogen-bond acceptors (Lipinski definition) is 5. The van der Waals surface area contributed by atoms with Crippen LogP contribution in [-0.2, 0) is 19.7 Å². The van der Waals surface area contributed by atoms with E-state index in [0.717, 1.165) is 12.8 Å². The number of amides is 1. The number of nitrogens with zero attached hydrogens (tertiary/aromatic N) is 1. The van der Waals surface area contributed by atoms with E-state index in [1.165, 1.54) is 12.3 Å². The lowest BCUT2D eigenvalue weighted by Crippen LogP contribution is -2.57. The smallest absolute Gasteiger partial charge is 0.323 e. The van der Waals surface area contributed by atoms with Crippen molar-refractivity contribution in [3.8, 4) is 0 Å². The van der Waals surface area contributed by atoms with E-state index in [2.05, 4.69) is 15.6 Å². The Hall–Kier alpha value is -2.22. The van der Waals surface area contributed by atoms with Crippen molar-refractivity contribution in [1.82, 2.24) is 10.3 Å². The second kappa shape index (κ2) is 7.68. The minimum atomic E-state index is -1.24. The summed E-state index contributed by atoms with van der Waals surface area (Å²) in [5.41, 5.74) is -0.555. The molecule has 2 N–H and O–H groups in total. The molecule has 32 heavy (non-hydrogen) atoms. The number of carbonyl (C=O) groups excluding carboxylic acids is 2. The molecule has 3 aliphatic rings. The van der Waals surface area contributed by atoms with E-state index in [1.807, 2.05) is 0 Å². The van der Waals surface area contributed by atoms with Crippen LogP contribution in [0.15, 0.2) is 30.5 Å². The van der Waals surface area contributed by atoms with E-state index in [1.54, 1.807) is 25.1 Å². The minimum absolute atomic E-state index is 0.164. The molecule has 5 rings (SSSR count). The molecule has 0 unspecified atom stereocenters. The van der Waals surface area contributed by atoms with Crippen molar-refractivity contribution >= 4 is 40.8 Å². The molecule has 2 spiro atoms. The largest absolute Gasteiger partial charge is 0.465 e. The average Bonchev–Trinajstić information content (AvgIpc) is 3.42. The third-order valence-electron chi connectivity index (χ3n) is 7.21. The second-order valence-corrected chi connectivity index (χ2v) is 9.39. The van der Waals surface area contributed by atoms with Crippen LogP contribution < -0.4 is 10.6 Å². The predicted molar refractivity (Wildman–Crippen MR) is 118 cm³/mol. The SMILES string of the molecule is CCOC(=O)[C@@H]1NC2(CCCC2)[C@@]2(C(=O)Nc3cc(Cl)ccc32)[C@H]1c1ccnc(Cl)c1F. The molecule has 1 saturated carbocycles. The van der Waals surface area contributed by atoms with E-state index < -0.39 is 34.7 Å². The van der Waals surface area contributed by atoms with Gasteiger partial charge in [-0.25, -0.2) is 9.37 Å². The van der Waals surface area contributed by atoms with Gasteiger partial charge in [-0.15, -0.1) is 0 Å². The predicted octanol–water partition coefficient (Wildman–Crippen LogP) is 4.35. The number of pyridine rings is 1. The summed E-state index contributed by atoms with van der Waals surface area (Å²) in [5.74, 6) is -2.43. The molecule has 1 aliphatic carbocycles. The molecular weight excluding hydrogens is 456 g/mol. The zero-order valence-corrected chi connectivity index (χ0v) is 18.9. The van der Waals surface area contributed by atoms with Crippen LogP contribution in [0.2, 0.25) is 10.2 Å². The molecule has 1 amide bonds. The lowest BCUT2D eigenvalue weighted by Gasteiger charge is -2.42. The van der Waals surface area contributed by atoms with E-state index in [4.69, 9.17) is 27.9 Å². The number of rotatable bonds is 3. The number of aromatic nitrogens is 1. The standard InChI is InChI=1S/C23H22Cl2FN3O3/c1-2-32-20(30)18-16(13-7-10-27-19(25)17(13)26)23(22(29-18)8-3-4-9-22)14-6-5-12(24)11-15(14)28-21(23)31/h5-7,10-11,16,18,29H,2-4,8-9H2,1H3,(H,28,31)/t16-,18+,23+/m0/s1. The van der Waals surface area contributed by atoms with Gasteiger partial charge in [0.05, 0.1) is 6.61 Å². The van der Waals surface area contributed by atoms with E-state index in [0.29, 0.717) is 29.1 Å². The highest BCUT2D eigenvalue weighted by Gasteiger charge is 2.73. The Morgan fingerprint density at radius 2 is 2.03 bits per heavy atom. The minimum Gasteiger partial charge on any atom is -0.465 e. The van der Waals surface area contributed by atoms with E-state index in [9.17, 15) is 9.59 Å². The second-order valence-electron chi connectivity index (χ2n) is 8.60. The van der Waals surface area contributed by atoms with Crippen molar-refractivity contribution in [3.63, 3.8) is 0 Å². The molecule has 9 heteroatoms. The summed E-state index contributed by atoms with van der Waals surface area (Å²) in [7, 11) is 0. The van der Waals surface area contributed by atoms with Crippen LogP contribution in [0.4, 0.5) is 10.1 Å². The molecule has 3 atom stereocenters. The highest BCUT2D eigenvalue weighted by molar-refractivity contribution is 6.31. The Morgan fingerprint density at radius 3 is 2.75 bits per heavy atom. The zero-order chi connectivity index (χ0) is 22.7. The normalized spacial score (nSPS) is 27.7. The highest BCUT2D eigenvalue weighted by atomic mass is 35.5. The van der Waals surface area contributed by atoms with Crippen molar-refractivity contribution in [2.45, 2.75) is 55.5 Å². The van der Waals surface area contributed by atoms with Crippen LogP contribution >= 0.6 is 23.2 Å². The van der Waals surface area contributed by atoms with Crippen LogP contribution in [0.3, 0.4) is 0 Å². The van der Waals surface area contributed by atoms with Gasteiger partial charge in [0.2, 0.25) is 5.91 Å². The van der Waals surface area contributed by atoms with Gasteiger partial charge in [0.15, 0.2) is 11.0 Å². The zero-order valence-electron chi connectivity index (χ0n) is 17.4. The number of anilines is 1. The quantitative estimate of drug-likeness (QED) is 0.507. The maximum absolute atomic E-state index is 15.4. The summed E-state index contributed by atoms with van der Waals surface area (Å²) in [5, 5.41) is 6.60. The van der Waals surface area contributed by atoms with E-state index in [-0.39, 0.29) is 23.2 Å².